The first kappa shape index (κ1) is 16.3. The molecule has 0 amide bonds. The molecule has 0 aliphatic carbocycles. The minimum absolute atomic E-state index is 0.0325. The summed E-state index contributed by atoms with van der Waals surface area (Å²) in [6, 6.07) is -0.235. The number of carboxylic acid groups (broad SMARTS) is 1. The Morgan fingerprint density at radius 3 is 2.47 bits per heavy atom. The van der Waals surface area contributed by atoms with Gasteiger partial charge in [0.05, 0.1) is 12.2 Å². The van der Waals surface area contributed by atoms with Gasteiger partial charge in [-0.15, -0.1) is 0 Å². The molecule has 0 fully saturated rings. The summed E-state index contributed by atoms with van der Waals surface area (Å²) in [6.07, 6.45) is 3.65. The first-order valence-corrected chi connectivity index (χ1v) is 7.36. The zero-order chi connectivity index (χ0) is 13.3. The van der Waals surface area contributed by atoms with Crippen LogP contribution >= 0.6 is 0 Å². The molecule has 3 N–H and O–H groups in total. The average Bonchev–Trinajstić information content (AvgIpc) is 2.14. The van der Waals surface area contributed by atoms with Crippen molar-refractivity contribution in [2.75, 3.05) is 12.3 Å². The molecule has 0 aromatic carbocycles. The first-order chi connectivity index (χ1) is 7.85. The van der Waals surface area contributed by atoms with E-state index in [1.54, 1.807) is 0 Å². The van der Waals surface area contributed by atoms with Crippen LogP contribution in [0.15, 0.2) is 0 Å². The Hall–Kier alpha value is -0.660. The summed E-state index contributed by atoms with van der Waals surface area (Å²) in [6.45, 7) is 2.13. The molecule has 0 aromatic rings. The van der Waals surface area contributed by atoms with E-state index in [0.717, 1.165) is 19.3 Å². The van der Waals surface area contributed by atoms with Gasteiger partial charge in [0, 0.05) is 12.6 Å². The molecule has 0 saturated heterocycles. The van der Waals surface area contributed by atoms with E-state index < -0.39 is 21.8 Å². The maximum absolute atomic E-state index is 10.6. The highest BCUT2D eigenvalue weighted by atomic mass is 32.2. The van der Waals surface area contributed by atoms with Crippen LogP contribution < -0.4 is 5.32 Å². The van der Waals surface area contributed by atoms with E-state index in [1.165, 1.54) is 0 Å². The summed E-state index contributed by atoms with van der Waals surface area (Å²) in [5.41, 5.74) is 0. The van der Waals surface area contributed by atoms with Crippen molar-refractivity contribution in [3.05, 3.63) is 0 Å². The summed E-state index contributed by atoms with van der Waals surface area (Å²) in [4.78, 5) is 10.6. The number of aliphatic carboxylic acids is 1. The number of carboxylic acids is 1. The van der Waals surface area contributed by atoms with E-state index in [1.807, 2.05) is 0 Å². The normalized spacial score (nSPS) is 13.5. The molecule has 0 bridgehead atoms. The van der Waals surface area contributed by atoms with Crippen molar-refractivity contribution in [3.8, 4) is 0 Å². The highest BCUT2D eigenvalue weighted by molar-refractivity contribution is 7.85. The third-order valence-corrected chi connectivity index (χ3v) is 3.09. The van der Waals surface area contributed by atoms with Crippen LogP contribution in [-0.4, -0.2) is 42.4 Å². The number of unbranched alkanes of at least 4 members (excludes halogenated alkanes) is 2. The van der Waals surface area contributed by atoms with Crippen molar-refractivity contribution in [3.63, 3.8) is 0 Å². The maximum atomic E-state index is 10.6. The highest BCUT2D eigenvalue weighted by Crippen LogP contribution is 2.06. The van der Waals surface area contributed by atoms with Gasteiger partial charge in [-0.25, -0.2) is 0 Å². The maximum Gasteiger partial charge on any atom is 0.304 e. The zero-order valence-corrected chi connectivity index (χ0v) is 10.9. The first-order valence-electron chi connectivity index (χ1n) is 5.75. The Bertz CT molecular complexity index is 315. The standard InChI is InChI=1S/C10H21NO5S/c1-2-3-4-5-9(8-10(12)13)11-6-7-17(14,15)16/h9,11H,2-8H2,1H3,(H,12,13)(H,14,15,16). The second kappa shape index (κ2) is 8.43. The molecule has 6 nitrogen and oxygen atoms in total. The van der Waals surface area contributed by atoms with E-state index in [-0.39, 0.29) is 19.0 Å². The molecular weight excluding hydrogens is 246 g/mol. The van der Waals surface area contributed by atoms with E-state index in [0.29, 0.717) is 6.42 Å². The minimum Gasteiger partial charge on any atom is -0.481 e. The molecule has 7 heteroatoms. The molecule has 0 aliphatic rings. The SMILES string of the molecule is CCCCCC(CC(=O)O)NCCS(=O)(=O)O. The summed E-state index contributed by atoms with van der Waals surface area (Å²) >= 11 is 0. The molecule has 0 heterocycles. The quantitative estimate of drug-likeness (QED) is 0.401. The van der Waals surface area contributed by atoms with E-state index >= 15 is 0 Å². The van der Waals surface area contributed by atoms with Crippen molar-refractivity contribution in [2.45, 2.75) is 45.1 Å². The molecule has 0 rings (SSSR count). The Morgan fingerprint density at radius 1 is 1.35 bits per heavy atom. The zero-order valence-electron chi connectivity index (χ0n) is 10.1. The minimum atomic E-state index is -3.98. The van der Waals surface area contributed by atoms with Crippen LogP contribution in [0.25, 0.3) is 0 Å². The topological polar surface area (TPSA) is 104 Å². The summed E-state index contributed by atoms with van der Waals surface area (Å²) in [5.74, 6) is -1.30. The second-order valence-electron chi connectivity index (χ2n) is 4.03. The third kappa shape index (κ3) is 11.6. The Balaban J connectivity index is 3.96. The fraction of sp³-hybridized carbons (Fsp3) is 0.900. The summed E-state index contributed by atoms with van der Waals surface area (Å²) < 4.78 is 29.5. The lowest BCUT2D eigenvalue weighted by atomic mass is 10.1. The fourth-order valence-electron chi connectivity index (χ4n) is 1.52. The highest BCUT2D eigenvalue weighted by Gasteiger charge is 2.13. The van der Waals surface area contributed by atoms with Gasteiger partial charge in [-0.2, -0.15) is 8.42 Å². The molecule has 1 atom stereocenters. The monoisotopic (exact) mass is 267 g/mol. The van der Waals surface area contributed by atoms with Crippen LogP contribution in [0.3, 0.4) is 0 Å². The molecule has 0 aromatic heterocycles. The smallest absolute Gasteiger partial charge is 0.304 e. The van der Waals surface area contributed by atoms with Crippen LogP contribution in [0.5, 0.6) is 0 Å². The van der Waals surface area contributed by atoms with Gasteiger partial charge in [0.25, 0.3) is 10.1 Å². The lowest BCUT2D eigenvalue weighted by Crippen LogP contribution is -2.34. The third-order valence-electron chi connectivity index (χ3n) is 2.37. The summed E-state index contributed by atoms with van der Waals surface area (Å²) in [5, 5.41) is 11.5. The predicted molar refractivity (Wildman–Crippen MR) is 64.6 cm³/mol. The molecule has 0 spiro atoms. The number of rotatable bonds is 10. The molecule has 0 aliphatic heterocycles. The largest absolute Gasteiger partial charge is 0.481 e. The molecule has 102 valence electrons. The Morgan fingerprint density at radius 2 is 2.00 bits per heavy atom. The van der Waals surface area contributed by atoms with Crippen LogP contribution in [0.1, 0.15) is 39.0 Å². The Labute approximate surface area is 102 Å². The van der Waals surface area contributed by atoms with Crippen molar-refractivity contribution in [1.29, 1.82) is 0 Å². The van der Waals surface area contributed by atoms with Gasteiger partial charge in [-0.1, -0.05) is 26.2 Å². The lowest BCUT2D eigenvalue weighted by molar-refractivity contribution is -0.137. The van der Waals surface area contributed by atoms with Crippen LogP contribution in [-0.2, 0) is 14.9 Å². The van der Waals surface area contributed by atoms with Gasteiger partial charge in [0.2, 0.25) is 0 Å². The van der Waals surface area contributed by atoms with Gasteiger partial charge in [-0.3, -0.25) is 9.35 Å². The van der Waals surface area contributed by atoms with E-state index in [9.17, 15) is 13.2 Å². The van der Waals surface area contributed by atoms with Gasteiger partial charge in [0.1, 0.15) is 0 Å². The number of carbonyl (C=O) groups is 1. The number of nitrogens with one attached hydrogen (secondary N) is 1. The number of hydrogen-bond donors (Lipinski definition) is 3. The van der Waals surface area contributed by atoms with Crippen molar-refractivity contribution in [2.24, 2.45) is 0 Å². The number of hydrogen-bond acceptors (Lipinski definition) is 4. The van der Waals surface area contributed by atoms with Crippen LogP contribution in [0.4, 0.5) is 0 Å². The van der Waals surface area contributed by atoms with Crippen molar-refractivity contribution >= 4 is 16.1 Å². The van der Waals surface area contributed by atoms with Gasteiger partial charge in [-0.05, 0) is 6.42 Å². The molecule has 0 saturated carbocycles. The van der Waals surface area contributed by atoms with Crippen LogP contribution in [0, 0.1) is 0 Å². The molecule has 0 radical (unpaired) electrons. The molecular formula is C10H21NO5S. The average molecular weight is 267 g/mol. The van der Waals surface area contributed by atoms with Gasteiger partial charge < -0.3 is 10.4 Å². The van der Waals surface area contributed by atoms with E-state index in [2.05, 4.69) is 12.2 Å². The van der Waals surface area contributed by atoms with Crippen molar-refractivity contribution < 1.29 is 22.9 Å². The lowest BCUT2D eigenvalue weighted by Gasteiger charge is -2.16. The van der Waals surface area contributed by atoms with E-state index in [4.69, 9.17) is 9.66 Å². The fourth-order valence-corrected chi connectivity index (χ4v) is 1.90. The summed E-state index contributed by atoms with van der Waals surface area (Å²) in [7, 11) is -3.98. The molecule has 1 unspecified atom stereocenters. The van der Waals surface area contributed by atoms with Gasteiger partial charge in [0.15, 0.2) is 0 Å². The predicted octanol–water partition coefficient (Wildman–Crippen LogP) is 0.887. The van der Waals surface area contributed by atoms with Crippen molar-refractivity contribution in [1.82, 2.24) is 5.32 Å². The molecule has 17 heavy (non-hydrogen) atoms. The Kier molecular flexibility index (Phi) is 8.11. The van der Waals surface area contributed by atoms with Gasteiger partial charge >= 0.3 is 5.97 Å². The second-order valence-corrected chi connectivity index (χ2v) is 5.60. The van der Waals surface area contributed by atoms with Crippen LogP contribution in [0.2, 0.25) is 0 Å².